The van der Waals surface area contributed by atoms with Crippen LogP contribution in [0.15, 0.2) is 0 Å². The Morgan fingerprint density at radius 2 is 1.47 bits per heavy atom. The topological polar surface area (TPSA) is 0 Å². The van der Waals surface area contributed by atoms with Crippen LogP contribution in [0.3, 0.4) is 0 Å². The molecule has 102 valence electrons. The summed E-state index contributed by atoms with van der Waals surface area (Å²) < 4.78 is 0. The predicted molar refractivity (Wildman–Crippen MR) is 78.1 cm³/mol. The maximum absolute atomic E-state index is 2.46. The van der Waals surface area contributed by atoms with Gasteiger partial charge in [-0.05, 0) is 54.8 Å². The molecule has 1 aliphatic rings. The molecular formula is C17H34. The molecule has 0 heteroatoms. The van der Waals surface area contributed by atoms with Gasteiger partial charge in [0.05, 0.1) is 0 Å². The van der Waals surface area contributed by atoms with Crippen LogP contribution >= 0.6 is 0 Å². The summed E-state index contributed by atoms with van der Waals surface area (Å²) in [6.45, 7) is 14.4. The number of hydrogen-bond acceptors (Lipinski definition) is 0. The van der Waals surface area contributed by atoms with Crippen molar-refractivity contribution in [2.75, 3.05) is 0 Å². The van der Waals surface area contributed by atoms with Gasteiger partial charge < -0.3 is 0 Å². The number of rotatable bonds is 4. The van der Waals surface area contributed by atoms with E-state index in [-0.39, 0.29) is 0 Å². The van der Waals surface area contributed by atoms with E-state index in [2.05, 4.69) is 41.5 Å². The Kier molecular flexibility index (Phi) is 5.54. The first-order chi connectivity index (χ1) is 7.78. The fourth-order valence-corrected chi connectivity index (χ4v) is 3.79. The first-order valence-corrected chi connectivity index (χ1v) is 7.78. The first-order valence-electron chi connectivity index (χ1n) is 7.78. The summed E-state index contributed by atoms with van der Waals surface area (Å²) in [5.41, 5.74) is 0.508. The van der Waals surface area contributed by atoms with Crippen molar-refractivity contribution in [3.63, 3.8) is 0 Å². The fourth-order valence-electron chi connectivity index (χ4n) is 3.79. The lowest BCUT2D eigenvalue weighted by atomic mass is 9.73. The highest BCUT2D eigenvalue weighted by Gasteiger charge is 2.25. The van der Waals surface area contributed by atoms with E-state index in [1.807, 2.05) is 0 Å². The Bertz CT molecular complexity index is 201. The van der Waals surface area contributed by atoms with Crippen LogP contribution in [-0.4, -0.2) is 0 Å². The largest absolute Gasteiger partial charge is 0.0625 e. The summed E-state index contributed by atoms with van der Waals surface area (Å²) in [6, 6.07) is 0. The Morgan fingerprint density at radius 3 is 1.88 bits per heavy atom. The molecular weight excluding hydrogens is 204 g/mol. The minimum absolute atomic E-state index is 0.508. The Morgan fingerprint density at radius 1 is 0.941 bits per heavy atom. The van der Waals surface area contributed by atoms with Crippen LogP contribution in [0.5, 0.6) is 0 Å². The molecule has 17 heavy (non-hydrogen) atoms. The molecule has 1 fully saturated rings. The van der Waals surface area contributed by atoms with E-state index in [1.165, 1.54) is 38.5 Å². The fraction of sp³-hybridized carbons (Fsp3) is 1.00. The van der Waals surface area contributed by atoms with Gasteiger partial charge in [-0.1, -0.05) is 54.4 Å². The summed E-state index contributed by atoms with van der Waals surface area (Å²) in [7, 11) is 0. The lowest BCUT2D eigenvalue weighted by molar-refractivity contribution is 0.186. The summed E-state index contributed by atoms with van der Waals surface area (Å²) in [5.74, 6) is 3.87. The molecule has 1 unspecified atom stereocenters. The highest BCUT2D eigenvalue weighted by Crippen LogP contribution is 2.38. The maximum Gasteiger partial charge on any atom is -0.0380 e. The van der Waals surface area contributed by atoms with E-state index in [0.29, 0.717) is 5.41 Å². The summed E-state index contributed by atoms with van der Waals surface area (Å²) in [4.78, 5) is 0. The summed E-state index contributed by atoms with van der Waals surface area (Å²) >= 11 is 0. The molecule has 0 aromatic carbocycles. The van der Waals surface area contributed by atoms with Gasteiger partial charge in [-0.3, -0.25) is 0 Å². The van der Waals surface area contributed by atoms with E-state index in [9.17, 15) is 0 Å². The van der Waals surface area contributed by atoms with E-state index in [0.717, 1.165) is 23.7 Å². The molecule has 0 nitrogen and oxygen atoms in total. The third-order valence-electron chi connectivity index (χ3n) is 4.53. The maximum atomic E-state index is 2.46. The van der Waals surface area contributed by atoms with Crippen molar-refractivity contribution in [2.45, 2.75) is 80.1 Å². The minimum Gasteiger partial charge on any atom is -0.0625 e. The molecule has 1 saturated carbocycles. The first kappa shape index (κ1) is 15.1. The van der Waals surface area contributed by atoms with E-state index in [1.54, 1.807) is 0 Å². The lowest BCUT2D eigenvalue weighted by Gasteiger charge is -2.33. The molecule has 0 radical (unpaired) electrons. The molecule has 1 rings (SSSR count). The molecule has 1 aliphatic carbocycles. The van der Waals surface area contributed by atoms with E-state index >= 15 is 0 Å². The molecule has 0 aliphatic heterocycles. The van der Waals surface area contributed by atoms with Crippen molar-refractivity contribution in [2.24, 2.45) is 29.1 Å². The van der Waals surface area contributed by atoms with Crippen LogP contribution in [0, 0.1) is 29.1 Å². The summed E-state index contributed by atoms with van der Waals surface area (Å²) in [5, 5.41) is 0. The molecule has 0 saturated heterocycles. The van der Waals surface area contributed by atoms with Crippen LogP contribution in [0.25, 0.3) is 0 Å². The van der Waals surface area contributed by atoms with Crippen LogP contribution in [-0.2, 0) is 0 Å². The van der Waals surface area contributed by atoms with Crippen molar-refractivity contribution >= 4 is 0 Å². The Labute approximate surface area is 110 Å². The predicted octanol–water partition coefficient (Wildman–Crippen LogP) is 5.91. The molecule has 0 aromatic rings. The molecule has 0 heterocycles. The van der Waals surface area contributed by atoms with Gasteiger partial charge in [0.25, 0.3) is 0 Å². The van der Waals surface area contributed by atoms with Crippen molar-refractivity contribution in [1.29, 1.82) is 0 Å². The van der Waals surface area contributed by atoms with Gasteiger partial charge in [-0.2, -0.15) is 0 Å². The van der Waals surface area contributed by atoms with E-state index in [4.69, 9.17) is 0 Å². The summed E-state index contributed by atoms with van der Waals surface area (Å²) in [6.07, 6.45) is 8.84. The SMILES string of the molecule is CC(CC1CCC(C(C)C)CC1)CC(C)(C)C. The second-order valence-electron chi connectivity index (χ2n) is 8.13. The van der Waals surface area contributed by atoms with Gasteiger partial charge in [0.1, 0.15) is 0 Å². The molecule has 0 aromatic heterocycles. The van der Waals surface area contributed by atoms with Gasteiger partial charge in [-0.25, -0.2) is 0 Å². The van der Waals surface area contributed by atoms with Gasteiger partial charge in [0.2, 0.25) is 0 Å². The van der Waals surface area contributed by atoms with Crippen LogP contribution < -0.4 is 0 Å². The quantitative estimate of drug-likeness (QED) is 0.571. The van der Waals surface area contributed by atoms with Gasteiger partial charge in [0, 0.05) is 0 Å². The van der Waals surface area contributed by atoms with Crippen LogP contribution in [0.1, 0.15) is 80.1 Å². The molecule has 0 N–H and O–H groups in total. The van der Waals surface area contributed by atoms with Crippen molar-refractivity contribution < 1.29 is 0 Å². The average molecular weight is 238 g/mol. The number of hydrogen-bond donors (Lipinski definition) is 0. The van der Waals surface area contributed by atoms with Gasteiger partial charge >= 0.3 is 0 Å². The highest BCUT2D eigenvalue weighted by atomic mass is 14.3. The Hall–Kier alpha value is 0. The smallest absolute Gasteiger partial charge is 0.0380 e. The minimum atomic E-state index is 0.508. The van der Waals surface area contributed by atoms with Crippen molar-refractivity contribution in [1.82, 2.24) is 0 Å². The van der Waals surface area contributed by atoms with Crippen LogP contribution in [0.4, 0.5) is 0 Å². The standard InChI is InChI=1S/C17H34/c1-13(2)16-9-7-15(8-10-16)11-14(3)12-17(4,5)6/h13-16H,7-12H2,1-6H3. The zero-order valence-electron chi connectivity index (χ0n) is 13.1. The zero-order chi connectivity index (χ0) is 13.1. The molecule has 1 atom stereocenters. The lowest BCUT2D eigenvalue weighted by Crippen LogP contribution is -2.21. The van der Waals surface area contributed by atoms with E-state index < -0.39 is 0 Å². The monoisotopic (exact) mass is 238 g/mol. The third kappa shape index (κ3) is 5.93. The molecule has 0 spiro atoms. The molecule has 0 bridgehead atoms. The van der Waals surface area contributed by atoms with Crippen molar-refractivity contribution in [3.05, 3.63) is 0 Å². The third-order valence-corrected chi connectivity index (χ3v) is 4.53. The normalized spacial score (nSPS) is 28.4. The second kappa shape index (κ2) is 6.25. The Balaban J connectivity index is 2.26. The average Bonchev–Trinajstić information content (AvgIpc) is 2.15. The highest BCUT2D eigenvalue weighted by molar-refractivity contribution is 4.77. The van der Waals surface area contributed by atoms with Crippen LogP contribution in [0.2, 0.25) is 0 Å². The second-order valence-corrected chi connectivity index (χ2v) is 8.13. The van der Waals surface area contributed by atoms with Crippen molar-refractivity contribution in [3.8, 4) is 0 Å². The molecule has 0 amide bonds. The van der Waals surface area contributed by atoms with Gasteiger partial charge in [-0.15, -0.1) is 0 Å². The zero-order valence-corrected chi connectivity index (χ0v) is 13.1. The van der Waals surface area contributed by atoms with Gasteiger partial charge in [0.15, 0.2) is 0 Å².